The molecular formula is C20H30ClNO. The summed E-state index contributed by atoms with van der Waals surface area (Å²) in [6.45, 7) is 3.18. The number of ether oxygens (including phenoxy) is 1. The minimum absolute atomic E-state index is 0. The third-order valence-electron chi connectivity index (χ3n) is 6.14. The van der Waals surface area contributed by atoms with Crippen molar-refractivity contribution in [2.75, 3.05) is 11.9 Å². The van der Waals surface area contributed by atoms with Gasteiger partial charge in [-0.2, -0.15) is 0 Å². The molecule has 0 unspecified atom stereocenters. The van der Waals surface area contributed by atoms with Crippen molar-refractivity contribution >= 4 is 18.1 Å². The van der Waals surface area contributed by atoms with Gasteiger partial charge in [-0.05, 0) is 49.7 Å². The van der Waals surface area contributed by atoms with Gasteiger partial charge >= 0.3 is 0 Å². The third-order valence-corrected chi connectivity index (χ3v) is 6.14. The van der Waals surface area contributed by atoms with E-state index < -0.39 is 0 Å². The van der Waals surface area contributed by atoms with Crippen LogP contribution in [0.3, 0.4) is 0 Å². The van der Waals surface area contributed by atoms with Crippen molar-refractivity contribution in [1.82, 2.24) is 0 Å². The molecule has 3 atom stereocenters. The zero-order chi connectivity index (χ0) is 14.9. The van der Waals surface area contributed by atoms with E-state index in [1.165, 1.54) is 61.8 Å². The molecule has 2 fully saturated rings. The highest BCUT2D eigenvalue weighted by molar-refractivity contribution is 5.85. The van der Waals surface area contributed by atoms with Gasteiger partial charge in [0.2, 0.25) is 0 Å². The molecule has 0 bridgehead atoms. The predicted octanol–water partition coefficient (Wildman–Crippen LogP) is 5.51. The van der Waals surface area contributed by atoms with Gasteiger partial charge in [0, 0.05) is 29.8 Å². The lowest BCUT2D eigenvalue weighted by Gasteiger charge is -2.47. The third kappa shape index (κ3) is 3.25. The summed E-state index contributed by atoms with van der Waals surface area (Å²) in [6, 6.07) is 7.61. The summed E-state index contributed by atoms with van der Waals surface area (Å²) in [5.41, 5.74) is 4.21. The van der Waals surface area contributed by atoms with Crippen molar-refractivity contribution in [3.8, 4) is 0 Å². The fourth-order valence-electron chi connectivity index (χ4n) is 4.94. The second kappa shape index (κ2) is 7.44. The van der Waals surface area contributed by atoms with Crippen LogP contribution in [0.5, 0.6) is 0 Å². The van der Waals surface area contributed by atoms with E-state index in [4.69, 9.17) is 4.74 Å². The molecular weight excluding hydrogens is 306 g/mol. The molecule has 1 aliphatic carbocycles. The Kier molecular flexibility index (Phi) is 5.53. The summed E-state index contributed by atoms with van der Waals surface area (Å²) < 4.78 is 6.29. The molecule has 1 aromatic rings. The van der Waals surface area contributed by atoms with Crippen molar-refractivity contribution in [3.05, 3.63) is 29.3 Å². The average molecular weight is 336 g/mol. The summed E-state index contributed by atoms with van der Waals surface area (Å²) in [5.74, 6) is 1.53. The summed E-state index contributed by atoms with van der Waals surface area (Å²) in [7, 11) is 0. The van der Waals surface area contributed by atoms with Crippen LogP contribution in [0.15, 0.2) is 18.2 Å². The molecule has 1 N–H and O–H groups in total. The van der Waals surface area contributed by atoms with Crippen molar-refractivity contribution in [1.29, 1.82) is 0 Å². The van der Waals surface area contributed by atoms with Gasteiger partial charge in [0.1, 0.15) is 0 Å². The Balaban J connectivity index is 0.00000156. The molecule has 2 nitrogen and oxygen atoms in total. The first-order valence-electron chi connectivity index (χ1n) is 9.38. The molecule has 1 aromatic carbocycles. The number of aryl methyl sites for hydroxylation is 1. The molecule has 0 spiro atoms. The van der Waals surface area contributed by atoms with E-state index in [1.54, 1.807) is 0 Å². The molecule has 0 radical (unpaired) electrons. The Bertz CT molecular complexity index is 526. The molecule has 0 amide bonds. The number of rotatable bonds is 2. The Hall–Kier alpha value is -0.730. The van der Waals surface area contributed by atoms with Crippen LogP contribution in [0.2, 0.25) is 0 Å². The smallest absolute Gasteiger partial charge is 0.0892 e. The lowest BCUT2D eigenvalue weighted by atomic mass is 9.71. The lowest BCUT2D eigenvalue weighted by Crippen LogP contribution is -2.46. The number of halogens is 1. The highest BCUT2D eigenvalue weighted by Crippen LogP contribution is 2.47. The van der Waals surface area contributed by atoms with Crippen LogP contribution < -0.4 is 5.32 Å². The first kappa shape index (κ1) is 17.1. The van der Waals surface area contributed by atoms with Crippen LogP contribution in [-0.4, -0.2) is 12.6 Å². The molecule has 128 valence electrons. The van der Waals surface area contributed by atoms with Gasteiger partial charge in [0.15, 0.2) is 0 Å². The van der Waals surface area contributed by atoms with Crippen LogP contribution in [0.25, 0.3) is 0 Å². The molecule has 23 heavy (non-hydrogen) atoms. The second-order valence-electron chi connectivity index (χ2n) is 7.44. The SMILES string of the molecule is CCc1ccc2c(c1)[C@H]1OCCC[C@H]1[C@@H](C1CCCCC1)N2.Cl. The van der Waals surface area contributed by atoms with E-state index in [1.807, 2.05) is 0 Å². The predicted molar refractivity (Wildman–Crippen MR) is 98.5 cm³/mol. The van der Waals surface area contributed by atoms with Crippen LogP contribution >= 0.6 is 12.4 Å². The number of hydrogen-bond donors (Lipinski definition) is 1. The van der Waals surface area contributed by atoms with Crippen LogP contribution in [0, 0.1) is 11.8 Å². The largest absolute Gasteiger partial charge is 0.381 e. The normalized spacial score (nSPS) is 30.6. The van der Waals surface area contributed by atoms with Crippen LogP contribution in [0.1, 0.15) is 69.1 Å². The number of anilines is 1. The first-order valence-corrected chi connectivity index (χ1v) is 9.38. The van der Waals surface area contributed by atoms with E-state index in [0.717, 1.165) is 18.9 Å². The highest BCUT2D eigenvalue weighted by Gasteiger charge is 2.42. The van der Waals surface area contributed by atoms with Crippen molar-refractivity contribution < 1.29 is 4.74 Å². The Morgan fingerprint density at radius 1 is 1.09 bits per heavy atom. The van der Waals surface area contributed by atoms with Gasteiger partial charge in [-0.1, -0.05) is 38.3 Å². The summed E-state index contributed by atoms with van der Waals surface area (Å²) in [4.78, 5) is 0. The van der Waals surface area contributed by atoms with E-state index in [9.17, 15) is 0 Å². The fourth-order valence-corrected chi connectivity index (χ4v) is 4.94. The maximum absolute atomic E-state index is 6.29. The maximum Gasteiger partial charge on any atom is 0.0892 e. The van der Waals surface area contributed by atoms with Gasteiger partial charge in [0.05, 0.1) is 6.10 Å². The topological polar surface area (TPSA) is 21.3 Å². The van der Waals surface area contributed by atoms with E-state index in [0.29, 0.717) is 18.1 Å². The van der Waals surface area contributed by atoms with Crippen LogP contribution in [-0.2, 0) is 11.2 Å². The van der Waals surface area contributed by atoms with Gasteiger partial charge in [-0.3, -0.25) is 0 Å². The van der Waals surface area contributed by atoms with Gasteiger partial charge < -0.3 is 10.1 Å². The molecule has 2 aliphatic heterocycles. The Morgan fingerprint density at radius 3 is 2.70 bits per heavy atom. The van der Waals surface area contributed by atoms with Gasteiger partial charge in [0.25, 0.3) is 0 Å². The van der Waals surface area contributed by atoms with E-state index >= 15 is 0 Å². The number of nitrogens with one attached hydrogen (secondary N) is 1. The fraction of sp³-hybridized carbons (Fsp3) is 0.700. The first-order chi connectivity index (χ1) is 10.9. The van der Waals surface area contributed by atoms with Crippen molar-refractivity contribution in [3.63, 3.8) is 0 Å². The lowest BCUT2D eigenvalue weighted by molar-refractivity contribution is -0.0458. The molecule has 1 saturated heterocycles. The molecule has 4 rings (SSSR count). The second-order valence-corrected chi connectivity index (χ2v) is 7.44. The Morgan fingerprint density at radius 2 is 1.91 bits per heavy atom. The number of hydrogen-bond acceptors (Lipinski definition) is 2. The molecule has 1 saturated carbocycles. The van der Waals surface area contributed by atoms with Gasteiger partial charge in [-0.15, -0.1) is 12.4 Å². The minimum Gasteiger partial charge on any atom is -0.381 e. The molecule has 2 heterocycles. The summed E-state index contributed by atoms with van der Waals surface area (Å²) in [6.07, 6.45) is 11.1. The number of benzene rings is 1. The molecule has 3 heteroatoms. The highest BCUT2D eigenvalue weighted by atomic mass is 35.5. The Labute approximate surface area is 146 Å². The molecule has 0 aromatic heterocycles. The van der Waals surface area contributed by atoms with E-state index in [2.05, 4.69) is 30.4 Å². The summed E-state index contributed by atoms with van der Waals surface area (Å²) >= 11 is 0. The van der Waals surface area contributed by atoms with Crippen molar-refractivity contribution in [2.24, 2.45) is 11.8 Å². The average Bonchev–Trinajstić information content (AvgIpc) is 2.61. The standard InChI is InChI=1S/C20H29NO.ClH/c1-2-14-10-11-18-17(13-14)20-16(9-6-12-22-20)19(21-18)15-7-4-3-5-8-15;/h10-11,13,15-16,19-21H,2-9,12H2,1H3;1H/t16-,19+,20-;/m0./s1. The van der Waals surface area contributed by atoms with Gasteiger partial charge in [-0.25, -0.2) is 0 Å². The quantitative estimate of drug-likeness (QED) is 0.769. The monoisotopic (exact) mass is 335 g/mol. The van der Waals surface area contributed by atoms with E-state index in [-0.39, 0.29) is 12.4 Å². The summed E-state index contributed by atoms with van der Waals surface area (Å²) in [5, 5.41) is 3.94. The van der Waals surface area contributed by atoms with Crippen molar-refractivity contribution in [2.45, 2.75) is 70.4 Å². The zero-order valence-electron chi connectivity index (χ0n) is 14.2. The number of fused-ring (bicyclic) bond motifs is 3. The van der Waals surface area contributed by atoms with Crippen LogP contribution in [0.4, 0.5) is 5.69 Å². The molecule has 3 aliphatic rings. The zero-order valence-corrected chi connectivity index (χ0v) is 15.0. The maximum atomic E-state index is 6.29. The minimum atomic E-state index is 0.